The highest BCUT2D eigenvalue weighted by atomic mass is 16.1. The van der Waals surface area contributed by atoms with Crippen LogP contribution in [0.5, 0.6) is 0 Å². The fourth-order valence-electron chi connectivity index (χ4n) is 1.35. The number of hydrogen-bond acceptors (Lipinski definition) is 4. The maximum Gasteiger partial charge on any atom is 0.216 e. The zero-order valence-electron chi connectivity index (χ0n) is 13.9. The summed E-state index contributed by atoms with van der Waals surface area (Å²) in [5, 5.41) is 13.9. The van der Waals surface area contributed by atoms with Crippen LogP contribution in [0, 0.1) is 0 Å². The third kappa shape index (κ3) is 11.6. The second kappa shape index (κ2) is 15.6. The molecule has 1 amide bonds. The van der Waals surface area contributed by atoms with E-state index in [1.165, 1.54) is 6.92 Å². The van der Waals surface area contributed by atoms with E-state index in [4.69, 9.17) is 0 Å². The number of aryl methyl sites for hydroxylation is 1. The minimum atomic E-state index is -0.0126. The van der Waals surface area contributed by atoms with Crippen LogP contribution in [0.2, 0.25) is 0 Å². The summed E-state index contributed by atoms with van der Waals surface area (Å²) in [4.78, 5) is 10.7. The molecule has 20 heavy (non-hydrogen) atoms. The molecule has 0 aliphatic rings. The summed E-state index contributed by atoms with van der Waals surface area (Å²) in [6, 6.07) is 0. The second-order valence-electron chi connectivity index (χ2n) is 3.66. The Bertz CT molecular complexity index is 325. The maximum atomic E-state index is 10.7. The Morgan fingerprint density at radius 3 is 2.45 bits per heavy atom. The molecule has 0 saturated heterocycles. The molecule has 0 saturated carbocycles. The molecule has 0 unspecified atom stereocenters. The zero-order valence-corrected chi connectivity index (χ0v) is 13.9. The predicted molar refractivity (Wildman–Crippen MR) is 83.6 cm³/mol. The minimum absolute atomic E-state index is 0.0126. The van der Waals surface area contributed by atoms with E-state index in [0.717, 1.165) is 31.6 Å². The number of nitrogens with one attached hydrogen (secondary N) is 2. The predicted octanol–water partition coefficient (Wildman–Crippen LogP) is 1.62. The molecular formula is C14H31N5O. The summed E-state index contributed by atoms with van der Waals surface area (Å²) in [6.07, 6.45) is 3.69. The van der Waals surface area contributed by atoms with E-state index in [2.05, 4.69) is 20.9 Å². The maximum absolute atomic E-state index is 10.7. The fraction of sp³-hybridized carbons (Fsp3) is 0.786. The molecule has 0 bridgehead atoms. The fourth-order valence-corrected chi connectivity index (χ4v) is 1.35. The van der Waals surface area contributed by atoms with E-state index in [9.17, 15) is 4.79 Å². The first kappa shape index (κ1) is 20.9. The second-order valence-corrected chi connectivity index (χ2v) is 3.66. The molecule has 1 rings (SSSR count). The third-order valence-corrected chi connectivity index (χ3v) is 2.16. The van der Waals surface area contributed by atoms with E-state index in [1.54, 1.807) is 0 Å². The Kier molecular flexibility index (Phi) is 16.3. The van der Waals surface area contributed by atoms with Crippen LogP contribution in [-0.2, 0) is 17.8 Å². The van der Waals surface area contributed by atoms with Gasteiger partial charge >= 0.3 is 0 Å². The first-order chi connectivity index (χ1) is 9.72. The van der Waals surface area contributed by atoms with Crippen LogP contribution in [0.1, 0.15) is 46.7 Å². The number of aromatic nitrogens is 3. The Labute approximate surface area is 123 Å². The van der Waals surface area contributed by atoms with Crippen molar-refractivity contribution in [3.05, 3.63) is 11.9 Å². The largest absolute Gasteiger partial charge is 0.356 e. The lowest BCUT2D eigenvalue weighted by atomic mass is 10.3. The van der Waals surface area contributed by atoms with E-state index in [1.807, 2.05) is 45.6 Å². The molecule has 0 spiro atoms. The molecule has 6 nitrogen and oxygen atoms in total. The van der Waals surface area contributed by atoms with Crippen LogP contribution in [0.25, 0.3) is 0 Å². The van der Waals surface area contributed by atoms with Crippen LogP contribution >= 0.6 is 0 Å². The number of carbonyl (C=O) groups excluding carboxylic acids is 1. The van der Waals surface area contributed by atoms with Crippen molar-refractivity contribution in [1.29, 1.82) is 0 Å². The highest BCUT2D eigenvalue weighted by molar-refractivity contribution is 5.72. The zero-order chi connectivity index (χ0) is 15.8. The molecule has 1 aromatic rings. The van der Waals surface area contributed by atoms with E-state index in [-0.39, 0.29) is 5.91 Å². The van der Waals surface area contributed by atoms with Gasteiger partial charge in [0, 0.05) is 32.6 Å². The Hall–Kier alpha value is -1.43. The van der Waals surface area contributed by atoms with Crippen molar-refractivity contribution in [3.8, 4) is 0 Å². The summed E-state index contributed by atoms with van der Waals surface area (Å²) in [5.74, 6) is -0.0126. The van der Waals surface area contributed by atoms with E-state index < -0.39 is 0 Å². The molecule has 1 heterocycles. The van der Waals surface area contributed by atoms with Gasteiger partial charge in [-0.1, -0.05) is 32.9 Å². The molecule has 0 aromatic carbocycles. The van der Waals surface area contributed by atoms with Gasteiger partial charge in [-0.15, -0.1) is 5.10 Å². The summed E-state index contributed by atoms with van der Waals surface area (Å²) in [5.41, 5.74) is 0.915. The molecular weight excluding hydrogens is 254 g/mol. The van der Waals surface area contributed by atoms with Gasteiger partial charge in [0.05, 0.1) is 5.69 Å². The Morgan fingerprint density at radius 1 is 1.25 bits per heavy atom. The van der Waals surface area contributed by atoms with Gasteiger partial charge in [-0.05, 0) is 20.0 Å². The van der Waals surface area contributed by atoms with Crippen LogP contribution in [0.15, 0.2) is 6.20 Å². The van der Waals surface area contributed by atoms with Crippen LogP contribution in [0.3, 0.4) is 0 Å². The summed E-state index contributed by atoms with van der Waals surface area (Å²) in [6.45, 7) is 12.0. The smallest absolute Gasteiger partial charge is 0.216 e. The molecule has 2 N–H and O–H groups in total. The van der Waals surface area contributed by atoms with Gasteiger partial charge < -0.3 is 10.6 Å². The summed E-state index contributed by atoms with van der Waals surface area (Å²) in [7, 11) is 1.93. The topological polar surface area (TPSA) is 71.8 Å². The average Bonchev–Trinajstić information content (AvgIpc) is 2.91. The normalized spacial score (nSPS) is 8.90. The van der Waals surface area contributed by atoms with Crippen molar-refractivity contribution >= 4 is 5.91 Å². The molecule has 0 fully saturated rings. The van der Waals surface area contributed by atoms with Crippen LogP contribution in [0.4, 0.5) is 0 Å². The monoisotopic (exact) mass is 285 g/mol. The Morgan fingerprint density at radius 2 is 1.90 bits per heavy atom. The molecule has 6 heteroatoms. The summed E-state index contributed by atoms with van der Waals surface area (Å²) >= 11 is 0. The lowest BCUT2D eigenvalue weighted by Crippen LogP contribution is -2.22. The van der Waals surface area contributed by atoms with Gasteiger partial charge in [-0.2, -0.15) is 0 Å². The van der Waals surface area contributed by atoms with Gasteiger partial charge in [-0.3, -0.25) is 9.48 Å². The number of carbonyl (C=O) groups is 1. The quantitative estimate of drug-likeness (QED) is 0.747. The summed E-state index contributed by atoms with van der Waals surface area (Å²) < 4.78 is 1.83. The highest BCUT2D eigenvalue weighted by Crippen LogP contribution is 1.95. The standard InChI is InChI=1S/C10H19N5O.2C2H6/c1-9(16)12-6-4-10-8-15(14-13-10)7-3-5-11-2;2*1-2/h8,11H,3-7H2,1-2H3,(H,12,16);2*1-2H3. The third-order valence-electron chi connectivity index (χ3n) is 2.16. The first-order valence-corrected chi connectivity index (χ1v) is 7.50. The average molecular weight is 285 g/mol. The van der Waals surface area contributed by atoms with Gasteiger partial charge in [0.15, 0.2) is 0 Å². The van der Waals surface area contributed by atoms with Crippen molar-refractivity contribution in [2.75, 3.05) is 20.1 Å². The van der Waals surface area contributed by atoms with E-state index in [0.29, 0.717) is 6.54 Å². The van der Waals surface area contributed by atoms with E-state index >= 15 is 0 Å². The van der Waals surface area contributed by atoms with Gasteiger partial charge in [0.1, 0.15) is 0 Å². The van der Waals surface area contributed by atoms with Crippen LogP contribution < -0.4 is 10.6 Å². The number of rotatable bonds is 7. The van der Waals surface area contributed by atoms with Crippen molar-refractivity contribution in [3.63, 3.8) is 0 Å². The van der Waals surface area contributed by atoms with Crippen LogP contribution in [-0.4, -0.2) is 41.0 Å². The van der Waals surface area contributed by atoms with Crippen molar-refractivity contribution in [2.24, 2.45) is 0 Å². The van der Waals surface area contributed by atoms with Crippen molar-refractivity contribution in [1.82, 2.24) is 25.6 Å². The first-order valence-electron chi connectivity index (χ1n) is 7.50. The SMILES string of the molecule is CC.CC.CNCCCn1cc(CCNC(C)=O)nn1. The molecule has 0 atom stereocenters. The van der Waals surface area contributed by atoms with Crippen molar-refractivity contribution < 1.29 is 4.79 Å². The molecule has 0 radical (unpaired) electrons. The highest BCUT2D eigenvalue weighted by Gasteiger charge is 2.00. The molecule has 118 valence electrons. The van der Waals surface area contributed by atoms with Gasteiger partial charge in [0.25, 0.3) is 0 Å². The Balaban J connectivity index is 0. The molecule has 1 aromatic heterocycles. The lowest BCUT2D eigenvalue weighted by molar-refractivity contribution is -0.118. The lowest BCUT2D eigenvalue weighted by Gasteiger charge is -1.99. The number of nitrogens with zero attached hydrogens (tertiary/aromatic N) is 3. The number of hydrogen-bond donors (Lipinski definition) is 2. The van der Waals surface area contributed by atoms with Gasteiger partial charge in [0.2, 0.25) is 5.91 Å². The van der Waals surface area contributed by atoms with Gasteiger partial charge in [-0.25, -0.2) is 0 Å². The number of amides is 1. The van der Waals surface area contributed by atoms with Crippen molar-refractivity contribution in [2.45, 2.75) is 54.0 Å². The molecule has 0 aliphatic heterocycles. The molecule has 0 aliphatic carbocycles. The minimum Gasteiger partial charge on any atom is -0.356 e.